The minimum atomic E-state index is -0.427. The summed E-state index contributed by atoms with van der Waals surface area (Å²) in [4.78, 5) is 0. The molecule has 0 spiro atoms. The Bertz CT molecular complexity index is 946. The predicted octanol–water partition coefficient (Wildman–Crippen LogP) is 6.57. The summed E-state index contributed by atoms with van der Waals surface area (Å²) in [5, 5.41) is 4.16. The Balaban J connectivity index is 1.72. The van der Waals surface area contributed by atoms with E-state index in [1.807, 2.05) is 30.3 Å². The number of hydrogen-bond donors (Lipinski definition) is 1. The smallest absolute Gasteiger partial charge is 0.180 e. The van der Waals surface area contributed by atoms with E-state index in [1.165, 1.54) is 11.6 Å². The molecule has 0 aliphatic carbocycles. The number of benzene rings is 3. The van der Waals surface area contributed by atoms with E-state index in [9.17, 15) is 4.39 Å². The van der Waals surface area contributed by atoms with Crippen LogP contribution >= 0.6 is 23.2 Å². The van der Waals surface area contributed by atoms with Gasteiger partial charge in [0, 0.05) is 18.2 Å². The first-order valence-electron chi connectivity index (χ1n) is 9.20. The molecule has 1 N–H and O–H groups in total. The van der Waals surface area contributed by atoms with E-state index in [0.29, 0.717) is 28.1 Å². The summed E-state index contributed by atoms with van der Waals surface area (Å²) in [5.74, 6) is 0.408. The van der Waals surface area contributed by atoms with Crippen molar-refractivity contribution in [2.75, 3.05) is 7.11 Å². The van der Waals surface area contributed by atoms with Crippen LogP contribution < -0.4 is 14.8 Å². The molecule has 0 aliphatic heterocycles. The molecule has 0 heterocycles. The zero-order valence-electron chi connectivity index (χ0n) is 16.2. The Morgan fingerprint density at radius 3 is 2.45 bits per heavy atom. The maximum atomic E-state index is 14.0. The van der Waals surface area contributed by atoms with Crippen LogP contribution in [0.25, 0.3) is 0 Å². The maximum Gasteiger partial charge on any atom is 0.180 e. The second-order valence-corrected chi connectivity index (χ2v) is 7.43. The van der Waals surface area contributed by atoms with Gasteiger partial charge in [-0.15, -0.1) is 0 Å². The lowest BCUT2D eigenvalue weighted by Crippen LogP contribution is -2.18. The van der Waals surface area contributed by atoms with Crippen molar-refractivity contribution in [3.63, 3.8) is 0 Å². The molecular weight excluding hydrogens is 412 g/mol. The first kappa shape index (κ1) is 21.4. The van der Waals surface area contributed by atoms with Crippen molar-refractivity contribution in [3.8, 4) is 11.5 Å². The third-order valence-electron chi connectivity index (χ3n) is 4.62. The molecule has 6 heteroatoms. The Hall–Kier alpha value is -2.27. The van der Waals surface area contributed by atoms with Crippen LogP contribution in [0.5, 0.6) is 11.5 Å². The van der Waals surface area contributed by atoms with E-state index < -0.39 is 5.82 Å². The Morgan fingerprint density at radius 1 is 1.00 bits per heavy atom. The lowest BCUT2D eigenvalue weighted by atomic mass is 10.1. The van der Waals surface area contributed by atoms with E-state index in [2.05, 4.69) is 24.4 Å². The van der Waals surface area contributed by atoms with Crippen LogP contribution in [-0.2, 0) is 13.2 Å². The van der Waals surface area contributed by atoms with Crippen molar-refractivity contribution in [1.29, 1.82) is 0 Å². The van der Waals surface area contributed by atoms with Crippen molar-refractivity contribution in [3.05, 3.63) is 93.2 Å². The van der Waals surface area contributed by atoms with Crippen LogP contribution in [0.2, 0.25) is 10.0 Å². The average Bonchev–Trinajstić information content (AvgIpc) is 2.73. The highest BCUT2D eigenvalue weighted by molar-refractivity contribution is 6.32. The van der Waals surface area contributed by atoms with Crippen LogP contribution in [0.1, 0.15) is 29.7 Å². The number of nitrogens with one attached hydrogen (secondary N) is 1. The molecule has 0 aromatic heterocycles. The molecule has 3 rings (SSSR count). The monoisotopic (exact) mass is 433 g/mol. The highest BCUT2D eigenvalue weighted by Gasteiger charge is 2.15. The quantitative estimate of drug-likeness (QED) is 0.435. The zero-order chi connectivity index (χ0) is 20.8. The van der Waals surface area contributed by atoms with Gasteiger partial charge in [-0.1, -0.05) is 59.6 Å². The molecule has 0 aliphatic rings. The Morgan fingerprint density at radius 2 is 1.76 bits per heavy atom. The fourth-order valence-corrected chi connectivity index (χ4v) is 3.47. The number of hydrogen-bond acceptors (Lipinski definition) is 3. The SMILES string of the molecule is COc1cc(CN[C@H](C)c2ccccc2)cc(Cl)c1OCc1c(F)cccc1Cl. The van der Waals surface area contributed by atoms with Crippen LogP contribution in [0.3, 0.4) is 0 Å². The summed E-state index contributed by atoms with van der Waals surface area (Å²) < 4.78 is 25.2. The van der Waals surface area contributed by atoms with Gasteiger partial charge in [-0.05, 0) is 42.3 Å². The number of ether oxygens (including phenoxy) is 2. The van der Waals surface area contributed by atoms with Gasteiger partial charge in [0.15, 0.2) is 11.5 Å². The third kappa shape index (κ3) is 5.41. The van der Waals surface area contributed by atoms with Crippen molar-refractivity contribution in [2.45, 2.75) is 26.1 Å². The first-order chi connectivity index (χ1) is 14.0. The van der Waals surface area contributed by atoms with Gasteiger partial charge >= 0.3 is 0 Å². The maximum absolute atomic E-state index is 14.0. The highest BCUT2D eigenvalue weighted by Crippen LogP contribution is 2.37. The van der Waals surface area contributed by atoms with Crippen molar-refractivity contribution >= 4 is 23.2 Å². The fourth-order valence-electron chi connectivity index (χ4n) is 2.96. The van der Waals surface area contributed by atoms with Crippen molar-refractivity contribution in [1.82, 2.24) is 5.32 Å². The van der Waals surface area contributed by atoms with Crippen molar-refractivity contribution < 1.29 is 13.9 Å². The van der Waals surface area contributed by atoms with E-state index in [0.717, 1.165) is 5.56 Å². The van der Waals surface area contributed by atoms with Crippen LogP contribution in [-0.4, -0.2) is 7.11 Å². The molecule has 3 aromatic rings. The van der Waals surface area contributed by atoms with Gasteiger partial charge in [0.1, 0.15) is 12.4 Å². The number of methoxy groups -OCH3 is 1. The summed E-state index contributed by atoms with van der Waals surface area (Å²) in [6, 6.07) is 18.5. The largest absolute Gasteiger partial charge is 0.493 e. The first-order valence-corrected chi connectivity index (χ1v) is 9.95. The minimum Gasteiger partial charge on any atom is -0.493 e. The lowest BCUT2D eigenvalue weighted by molar-refractivity contribution is 0.280. The highest BCUT2D eigenvalue weighted by atomic mass is 35.5. The topological polar surface area (TPSA) is 30.5 Å². The summed E-state index contributed by atoms with van der Waals surface area (Å²) >= 11 is 12.5. The molecule has 0 saturated carbocycles. The molecule has 3 aromatic carbocycles. The molecule has 29 heavy (non-hydrogen) atoms. The summed E-state index contributed by atoms with van der Waals surface area (Å²) in [7, 11) is 1.54. The lowest BCUT2D eigenvalue weighted by Gasteiger charge is -2.17. The normalized spacial score (nSPS) is 11.9. The van der Waals surface area contributed by atoms with E-state index >= 15 is 0 Å². The van der Waals surface area contributed by atoms with Crippen LogP contribution in [0.15, 0.2) is 60.7 Å². The number of rotatable bonds is 8. The molecule has 152 valence electrons. The minimum absolute atomic E-state index is 0.0514. The van der Waals surface area contributed by atoms with Gasteiger partial charge in [0.2, 0.25) is 0 Å². The second-order valence-electron chi connectivity index (χ2n) is 6.61. The summed E-state index contributed by atoms with van der Waals surface area (Å²) in [6.45, 7) is 2.65. The molecule has 0 amide bonds. The Labute approximate surface area is 180 Å². The van der Waals surface area contributed by atoms with E-state index in [4.69, 9.17) is 32.7 Å². The molecule has 0 unspecified atom stereocenters. The van der Waals surface area contributed by atoms with Gasteiger partial charge in [0.05, 0.1) is 17.2 Å². The molecule has 0 fully saturated rings. The van der Waals surface area contributed by atoms with Crippen LogP contribution in [0.4, 0.5) is 4.39 Å². The molecule has 0 radical (unpaired) electrons. The third-order valence-corrected chi connectivity index (χ3v) is 5.26. The van der Waals surface area contributed by atoms with Crippen LogP contribution in [0, 0.1) is 5.82 Å². The van der Waals surface area contributed by atoms with Crippen molar-refractivity contribution in [2.24, 2.45) is 0 Å². The molecule has 0 bridgehead atoms. The molecule has 1 atom stereocenters. The average molecular weight is 434 g/mol. The van der Waals surface area contributed by atoms with Gasteiger partial charge in [-0.3, -0.25) is 0 Å². The van der Waals surface area contributed by atoms with Gasteiger partial charge < -0.3 is 14.8 Å². The van der Waals surface area contributed by atoms with Gasteiger partial charge in [-0.2, -0.15) is 0 Å². The van der Waals surface area contributed by atoms with E-state index in [-0.39, 0.29) is 18.2 Å². The fraction of sp³-hybridized carbons (Fsp3) is 0.217. The van der Waals surface area contributed by atoms with Gasteiger partial charge in [-0.25, -0.2) is 4.39 Å². The Kier molecular flexibility index (Phi) is 7.37. The second kappa shape index (κ2) is 9.97. The van der Waals surface area contributed by atoms with E-state index in [1.54, 1.807) is 19.2 Å². The molecule has 0 saturated heterocycles. The zero-order valence-corrected chi connectivity index (χ0v) is 17.7. The molecule has 3 nitrogen and oxygen atoms in total. The summed E-state index contributed by atoms with van der Waals surface area (Å²) in [6.07, 6.45) is 0. The standard InChI is InChI=1S/C23H22Cl2FNO2/c1-15(17-7-4-3-5-8-17)27-13-16-11-20(25)23(22(12-16)28-2)29-14-18-19(24)9-6-10-21(18)26/h3-12,15,27H,13-14H2,1-2H3/t15-/m1/s1. The predicted molar refractivity (Wildman–Crippen MR) is 115 cm³/mol. The molecular formula is C23H22Cl2FNO2. The summed E-state index contributed by atoms with van der Waals surface area (Å²) in [5.41, 5.74) is 2.42. The number of halogens is 3. The van der Waals surface area contributed by atoms with Gasteiger partial charge in [0.25, 0.3) is 0 Å².